The van der Waals surface area contributed by atoms with Crippen LogP contribution in [0.3, 0.4) is 0 Å². The minimum absolute atomic E-state index is 0.206. The SMILES string of the molecule is CC1(n2c3ccccc3c3cc(-c4ccc5c(c4)c4cc6c(cc4n5-c4cccc(-c5ccccc5)c4)oc4ccccc46)ccc32)C=CC(c2ccccc2)=CC1. The summed E-state index contributed by atoms with van der Waals surface area (Å²) in [7, 11) is 0. The predicted molar refractivity (Wildman–Crippen MR) is 244 cm³/mol. The lowest BCUT2D eigenvalue weighted by molar-refractivity contribution is 0.438. The molecule has 1 aliphatic carbocycles. The molecule has 1 aliphatic rings. The minimum atomic E-state index is -0.206. The summed E-state index contributed by atoms with van der Waals surface area (Å²) in [5, 5.41) is 7.24. The maximum Gasteiger partial charge on any atom is 0.137 e. The van der Waals surface area contributed by atoms with Gasteiger partial charge in [-0.1, -0.05) is 140 Å². The van der Waals surface area contributed by atoms with E-state index >= 15 is 0 Å². The summed E-state index contributed by atoms with van der Waals surface area (Å²) in [4.78, 5) is 0. The van der Waals surface area contributed by atoms with Gasteiger partial charge in [0.25, 0.3) is 0 Å². The lowest BCUT2D eigenvalue weighted by Crippen LogP contribution is -2.28. The first-order valence-electron chi connectivity index (χ1n) is 20.1. The topological polar surface area (TPSA) is 23.0 Å². The molecule has 3 heterocycles. The van der Waals surface area contributed by atoms with Gasteiger partial charge in [0.15, 0.2) is 0 Å². The number of para-hydroxylation sites is 2. The number of allylic oxidation sites excluding steroid dienone is 4. The fraction of sp³-hybridized carbons (Fsp3) is 0.0545. The number of benzene rings is 8. The van der Waals surface area contributed by atoms with Crippen LogP contribution in [0, 0.1) is 0 Å². The number of fused-ring (bicyclic) bond motifs is 9. The van der Waals surface area contributed by atoms with Gasteiger partial charge in [0.05, 0.1) is 16.6 Å². The zero-order valence-electron chi connectivity index (χ0n) is 32.1. The van der Waals surface area contributed by atoms with Crippen LogP contribution in [0.15, 0.2) is 205 Å². The second-order valence-electron chi connectivity index (χ2n) is 16.0. The van der Waals surface area contributed by atoms with Crippen LogP contribution in [0.25, 0.3) is 99.1 Å². The van der Waals surface area contributed by atoms with E-state index in [4.69, 9.17) is 4.42 Å². The van der Waals surface area contributed by atoms with Gasteiger partial charge in [-0.3, -0.25) is 0 Å². The van der Waals surface area contributed by atoms with Gasteiger partial charge in [0.2, 0.25) is 0 Å². The summed E-state index contributed by atoms with van der Waals surface area (Å²) in [5.41, 5.74) is 14.8. The van der Waals surface area contributed by atoms with Gasteiger partial charge in [-0.15, -0.1) is 0 Å². The molecule has 0 amide bonds. The van der Waals surface area contributed by atoms with E-state index in [1.54, 1.807) is 0 Å². The Morgan fingerprint density at radius 3 is 1.83 bits per heavy atom. The van der Waals surface area contributed by atoms with E-state index in [0.29, 0.717) is 0 Å². The monoisotopic (exact) mass is 742 g/mol. The maximum atomic E-state index is 6.47. The molecule has 3 heteroatoms. The van der Waals surface area contributed by atoms with Crippen LogP contribution in [-0.4, -0.2) is 9.13 Å². The Bertz CT molecular complexity index is 3490. The molecule has 1 atom stereocenters. The zero-order valence-corrected chi connectivity index (χ0v) is 32.1. The first-order valence-corrected chi connectivity index (χ1v) is 20.1. The molecular formula is C55H38N2O. The molecule has 274 valence electrons. The first kappa shape index (κ1) is 32.8. The average Bonchev–Trinajstić information content (AvgIpc) is 3.93. The van der Waals surface area contributed by atoms with E-state index < -0.39 is 0 Å². The number of hydrogen-bond acceptors (Lipinski definition) is 1. The molecule has 0 spiro atoms. The molecule has 3 nitrogen and oxygen atoms in total. The summed E-state index contributed by atoms with van der Waals surface area (Å²) in [6, 6.07) is 66.0. The fourth-order valence-electron chi connectivity index (χ4n) is 9.59. The number of aromatic nitrogens is 2. The van der Waals surface area contributed by atoms with Crippen LogP contribution in [0.2, 0.25) is 0 Å². The van der Waals surface area contributed by atoms with E-state index in [1.807, 2.05) is 6.07 Å². The summed E-state index contributed by atoms with van der Waals surface area (Å²) in [6.07, 6.45) is 8.01. The van der Waals surface area contributed by atoms with Crippen molar-refractivity contribution in [3.05, 3.63) is 206 Å². The molecule has 1 unspecified atom stereocenters. The standard InChI is InChI=1S/C55H38N2O/c1-55(29-27-38(28-30-55)36-13-4-2-5-14-36)57-50-21-10-8-19-43(50)45-32-41(24-26-51(45)57)40-23-25-49-46(33-40)47-34-48-44-20-9-11-22-53(44)58-54(48)35-52(47)56(49)42-18-12-17-39(31-42)37-15-6-3-7-16-37/h2-29,31-35H,30H2,1H3. The van der Waals surface area contributed by atoms with Crippen LogP contribution in [0.4, 0.5) is 0 Å². The van der Waals surface area contributed by atoms with Crippen molar-refractivity contribution in [1.29, 1.82) is 0 Å². The zero-order chi connectivity index (χ0) is 38.4. The van der Waals surface area contributed by atoms with Crippen molar-refractivity contribution in [1.82, 2.24) is 9.13 Å². The molecule has 0 N–H and O–H groups in total. The molecule has 0 aliphatic heterocycles. The smallest absolute Gasteiger partial charge is 0.137 e. The highest BCUT2D eigenvalue weighted by Crippen LogP contribution is 2.43. The Balaban J connectivity index is 1.03. The van der Waals surface area contributed by atoms with Crippen LogP contribution < -0.4 is 0 Å². The Kier molecular flexibility index (Phi) is 7.12. The van der Waals surface area contributed by atoms with Crippen molar-refractivity contribution in [3.8, 4) is 27.9 Å². The number of rotatable bonds is 5. The van der Waals surface area contributed by atoms with E-state index in [9.17, 15) is 0 Å². The average molecular weight is 743 g/mol. The second kappa shape index (κ2) is 12.6. The van der Waals surface area contributed by atoms with Crippen molar-refractivity contribution in [2.45, 2.75) is 18.9 Å². The first-order chi connectivity index (χ1) is 28.6. The third kappa shape index (κ3) is 5.00. The van der Waals surface area contributed by atoms with Gasteiger partial charge < -0.3 is 13.6 Å². The van der Waals surface area contributed by atoms with Crippen molar-refractivity contribution in [3.63, 3.8) is 0 Å². The molecule has 12 rings (SSSR count). The third-order valence-corrected chi connectivity index (χ3v) is 12.5. The minimum Gasteiger partial charge on any atom is -0.456 e. The van der Waals surface area contributed by atoms with E-state index in [2.05, 4.69) is 210 Å². The van der Waals surface area contributed by atoms with Crippen molar-refractivity contribution in [2.24, 2.45) is 0 Å². The molecule has 0 saturated carbocycles. The largest absolute Gasteiger partial charge is 0.456 e. The highest BCUT2D eigenvalue weighted by atomic mass is 16.3. The van der Waals surface area contributed by atoms with Gasteiger partial charge in [-0.05, 0) is 101 Å². The van der Waals surface area contributed by atoms with Gasteiger partial charge in [0.1, 0.15) is 11.2 Å². The molecular weight excluding hydrogens is 705 g/mol. The van der Waals surface area contributed by atoms with Crippen molar-refractivity contribution >= 4 is 71.1 Å². The number of hydrogen-bond donors (Lipinski definition) is 0. The van der Waals surface area contributed by atoms with Gasteiger partial charge >= 0.3 is 0 Å². The predicted octanol–water partition coefficient (Wildman–Crippen LogP) is 14.9. The molecule has 3 aromatic heterocycles. The molecule has 11 aromatic rings. The Labute approximate surface area is 336 Å². The summed E-state index contributed by atoms with van der Waals surface area (Å²) >= 11 is 0. The highest BCUT2D eigenvalue weighted by molar-refractivity contribution is 6.18. The van der Waals surface area contributed by atoms with Gasteiger partial charge in [-0.2, -0.15) is 0 Å². The fourth-order valence-corrected chi connectivity index (χ4v) is 9.59. The van der Waals surface area contributed by atoms with Crippen LogP contribution in [0.5, 0.6) is 0 Å². The molecule has 0 bridgehead atoms. The highest BCUT2D eigenvalue weighted by Gasteiger charge is 2.29. The van der Waals surface area contributed by atoms with E-state index in [-0.39, 0.29) is 5.54 Å². The maximum absolute atomic E-state index is 6.47. The van der Waals surface area contributed by atoms with Crippen LogP contribution in [0.1, 0.15) is 18.9 Å². The summed E-state index contributed by atoms with van der Waals surface area (Å²) in [5.74, 6) is 0. The summed E-state index contributed by atoms with van der Waals surface area (Å²) < 4.78 is 11.4. The van der Waals surface area contributed by atoms with Crippen LogP contribution in [-0.2, 0) is 5.54 Å². The van der Waals surface area contributed by atoms with Gasteiger partial charge in [0, 0.05) is 55.1 Å². The lowest BCUT2D eigenvalue weighted by Gasteiger charge is -2.32. The number of nitrogens with zero attached hydrogens (tertiary/aromatic N) is 2. The molecule has 58 heavy (non-hydrogen) atoms. The van der Waals surface area contributed by atoms with Gasteiger partial charge in [-0.25, -0.2) is 0 Å². The van der Waals surface area contributed by atoms with E-state index in [0.717, 1.165) is 39.6 Å². The van der Waals surface area contributed by atoms with E-state index in [1.165, 1.54) is 71.5 Å². The van der Waals surface area contributed by atoms with Crippen LogP contribution >= 0.6 is 0 Å². The number of furan rings is 1. The van der Waals surface area contributed by atoms with Crippen molar-refractivity contribution in [2.75, 3.05) is 0 Å². The third-order valence-electron chi connectivity index (χ3n) is 12.5. The summed E-state index contributed by atoms with van der Waals surface area (Å²) in [6.45, 7) is 2.36. The quantitative estimate of drug-likeness (QED) is 0.172. The second-order valence-corrected chi connectivity index (χ2v) is 16.0. The molecule has 0 saturated heterocycles. The van der Waals surface area contributed by atoms with Crippen molar-refractivity contribution < 1.29 is 4.42 Å². The Morgan fingerprint density at radius 1 is 0.431 bits per heavy atom. The normalized spacial score (nSPS) is 15.7. The molecule has 0 fully saturated rings. The Hall–Kier alpha value is -7.36. The molecule has 8 aromatic carbocycles. The molecule has 0 radical (unpaired) electrons. The Morgan fingerprint density at radius 2 is 1.05 bits per heavy atom. The lowest BCUT2D eigenvalue weighted by atomic mass is 9.87.